The molecule has 3 aromatic rings. The van der Waals surface area contributed by atoms with E-state index in [4.69, 9.17) is 0 Å². The van der Waals surface area contributed by atoms with E-state index < -0.39 is 0 Å². The van der Waals surface area contributed by atoms with Crippen LogP contribution in [-0.4, -0.2) is 47.2 Å². The fourth-order valence-electron chi connectivity index (χ4n) is 3.60. The summed E-state index contributed by atoms with van der Waals surface area (Å²) < 4.78 is 1.02. The van der Waals surface area contributed by atoms with Crippen molar-refractivity contribution in [3.63, 3.8) is 0 Å². The second-order valence-electron chi connectivity index (χ2n) is 7.17. The molecule has 0 unspecified atom stereocenters. The molecule has 0 saturated carbocycles. The number of carbonyl (C=O) groups is 1. The summed E-state index contributed by atoms with van der Waals surface area (Å²) in [4.78, 5) is 17.2. The number of carbonyl (C=O) groups excluding carboxylic acids is 1. The van der Waals surface area contributed by atoms with Crippen LogP contribution in [0, 0.1) is 13.8 Å². The van der Waals surface area contributed by atoms with E-state index in [-0.39, 0.29) is 5.91 Å². The normalized spacial score (nSPS) is 14.4. The maximum absolute atomic E-state index is 12.9. The monoisotopic (exact) mass is 438 g/mol. The highest BCUT2D eigenvalue weighted by molar-refractivity contribution is 9.10. The largest absolute Gasteiger partial charge is 0.368 e. The minimum atomic E-state index is 0.0106. The molecule has 0 bridgehead atoms. The van der Waals surface area contributed by atoms with Crippen LogP contribution in [0.4, 0.5) is 5.69 Å². The zero-order valence-corrected chi connectivity index (χ0v) is 17.7. The molecule has 0 atom stereocenters. The van der Waals surface area contributed by atoms with Crippen LogP contribution in [0.1, 0.15) is 21.6 Å². The molecule has 1 fully saturated rings. The first-order valence-electron chi connectivity index (χ1n) is 9.45. The number of aromatic nitrogens is 2. The number of anilines is 1. The first-order chi connectivity index (χ1) is 13.5. The van der Waals surface area contributed by atoms with Crippen molar-refractivity contribution in [2.24, 2.45) is 0 Å². The lowest BCUT2D eigenvalue weighted by Crippen LogP contribution is -2.49. The van der Waals surface area contributed by atoms with Crippen LogP contribution in [-0.2, 0) is 0 Å². The highest BCUT2D eigenvalue weighted by atomic mass is 79.9. The van der Waals surface area contributed by atoms with Gasteiger partial charge in [-0.25, -0.2) is 0 Å². The first kappa shape index (κ1) is 18.7. The lowest BCUT2D eigenvalue weighted by molar-refractivity contribution is 0.0741. The van der Waals surface area contributed by atoms with Gasteiger partial charge in [-0.1, -0.05) is 40.2 Å². The third-order valence-corrected chi connectivity index (χ3v) is 5.96. The zero-order valence-electron chi connectivity index (χ0n) is 16.1. The second-order valence-corrected chi connectivity index (χ2v) is 8.09. The molecule has 0 spiro atoms. The van der Waals surface area contributed by atoms with Crippen LogP contribution in [0.3, 0.4) is 0 Å². The molecule has 2 aromatic carbocycles. The molecule has 1 N–H and O–H groups in total. The topological polar surface area (TPSA) is 52.2 Å². The van der Waals surface area contributed by atoms with Crippen molar-refractivity contribution in [3.8, 4) is 11.3 Å². The number of hydrogen-bond acceptors (Lipinski definition) is 3. The molecule has 1 aromatic heterocycles. The van der Waals surface area contributed by atoms with Gasteiger partial charge in [0.1, 0.15) is 5.69 Å². The standard InChI is InChI=1S/C22H23BrN4O/c1-15-4-3-5-21(16(15)2)26-10-12-27(13-11-26)22(28)20-14-19(24-25-20)17-6-8-18(23)9-7-17/h3-9,14H,10-13H2,1-2H3,(H,24,25). The summed E-state index contributed by atoms with van der Waals surface area (Å²) in [6, 6.07) is 16.1. The van der Waals surface area contributed by atoms with Crippen molar-refractivity contribution < 1.29 is 4.79 Å². The number of rotatable bonds is 3. The van der Waals surface area contributed by atoms with Crippen molar-refractivity contribution in [2.45, 2.75) is 13.8 Å². The van der Waals surface area contributed by atoms with Crippen molar-refractivity contribution in [2.75, 3.05) is 31.1 Å². The number of hydrogen-bond donors (Lipinski definition) is 1. The third kappa shape index (κ3) is 3.69. The quantitative estimate of drug-likeness (QED) is 0.658. The summed E-state index contributed by atoms with van der Waals surface area (Å²) in [5.74, 6) is 0.0106. The van der Waals surface area contributed by atoms with Crippen LogP contribution < -0.4 is 4.90 Å². The summed E-state index contributed by atoms with van der Waals surface area (Å²) >= 11 is 3.44. The number of benzene rings is 2. The highest BCUT2D eigenvalue weighted by Gasteiger charge is 2.24. The lowest BCUT2D eigenvalue weighted by Gasteiger charge is -2.36. The number of piperazine rings is 1. The average molecular weight is 439 g/mol. The number of aryl methyl sites for hydroxylation is 1. The van der Waals surface area contributed by atoms with E-state index in [0.717, 1.165) is 28.8 Å². The fraction of sp³-hybridized carbons (Fsp3) is 0.273. The van der Waals surface area contributed by atoms with Gasteiger partial charge in [-0.3, -0.25) is 9.89 Å². The number of aromatic amines is 1. The molecule has 1 aliphatic rings. The second kappa shape index (κ2) is 7.80. The van der Waals surface area contributed by atoms with Gasteiger partial charge in [0.2, 0.25) is 0 Å². The van der Waals surface area contributed by atoms with Gasteiger partial charge in [0.15, 0.2) is 0 Å². The Morgan fingerprint density at radius 1 is 1.04 bits per heavy atom. The fourth-order valence-corrected chi connectivity index (χ4v) is 3.86. The van der Waals surface area contributed by atoms with E-state index in [1.807, 2.05) is 35.2 Å². The van der Waals surface area contributed by atoms with E-state index in [1.165, 1.54) is 16.8 Å². The van der Waals surface area contributed by atoms with E-state index in [9.17, 15) is 4.79 Å². The Morgan fingerprint density at radius 2 is 1.75 bits per heavy atom. The maximum atomic E-state index is 12.9. The molecule has 28 heavy (non-hydrogen) atoms. The van der Waals surface area contributed by atoms with E-state index >= 15 is 0 Å². The van der Waals surface area contributed by atoms with Gasteiger partial charge in [0.05, 0.1) is 5.69 Å². The highest BCUT2D eigenvalue weighted by Crippen LogP contribution is 2.25. The summed E-state index contributed by atoms with van der Waals surface area (Å²) in [6.45, 7) is 7.39. The molecule has 0 radical (unpaired) electrons. The Morgan fingerprint density at radius 3 is 2.46 bits per heavy atom. The average Bonchev–Trinajstić information content (AvgIpc) is 3.20. The number of nitrogens with zero attached hydrogens (tertiary/aromatic N) is 3. The third-order valence-electron chi connectivity index (χ3n) is 5.43. The lowest BCUT2D eigenvalue weighted by atomic mass is 10.1. The van der Waals surface area contributed by atoms with Crippen LogP contribution in [0.5, 0.6) is 0 Å². The SMILES string of the molecule is Cc1cccc(N2CCN(C(=O)c3cc(-c4ccc(Br)cc4)n[nH]3)CC2)c1C. The first-order valence-corrected chi connectivity index (χ1v) is 10.2. The summed E-state index contributed by atoms with van der Waals surface area (Å²) in [7, 11) is 0. The molecule has 1 amide bonds. The summed E-state index contributed by atoms with van der Waals surface area (Å²) in [5.41, 5.74) is 6.19. The molecule has 144 valence electrons. The Kier molecular flexibility index (Phi) is 5.22. The molecular formula is C22H23BrN4O. The molecule has 1 saturated heterocycles. The Bertz CT molecular complexity index is 988. The zero-order chi connectivity index (χ0) is 19.7. The van der Waals surface area contributed by atoms with Crippen LogP contribution in [0.25, 0.3) is 11.3 Å². The van der Waals surface area contributed by atoms with E-state index in [1.54, 1.807) is 0 Å². The minimum Gasteiger partial charge on any atom is -0.368 e. The predicted molar refractivity (Wildman–Crippen MR) is 116 cm³/mol. The van der Waals surface area contributed by atoms with Crippen LogP contribution in [0.15, 0.2) is 53.0 Å². The van der Waals surface area contributed by atoms with Crippen molar-refractivity contribution in [1.29, 1.82) is 0 Å². The number of nitrogens with one attached hydrogen (secondary N) is 1. The van der Waals surface area contributed by atoms with Gasteiger partial charge in [0.25, 0.3) is 5.91 Å². The van der Waals surface area contributed by atoms with E-state index in [2.05, 4.69) is 63.1 Å². The molecule has 0 aliphatic carbocycles. The molecule has 5 nitrogen and oxygen atoms in total. The summed E-state index contributed by atoms with van der Waals surface area (Å²) in [5, 5.41) is 7.23. The number of H-pyrrole nitrogens is 1. The smallest absolute Gasteiger partial charge is 0.272 e. The van der Waals surface area contributed by atoms with Gasteiger partial charge >= 0.3 is 0 Å². The molecule has 6 heteroatoms. The van der Waals surface area contributed by atoms with Crippen LogP contribution in [0.2, 0.25) is 0 Å². The predicted octanol–water partition coefficient (Wildman–Crippen LogP) is 4.42. The van der Waals surface area contributed by atoms with Crippen LogP contribution >= 0.6 is 15.9 Å². The van der Waals surface area contributed by atoms with Gasteiger partial charge in [-0.15, -0.1) is 0 Å². The Balaban J connectivity index is 1.43. The molecule has 4 rings (SSSR count). The van der Waals surface area contributed by atoms with Gasteiger partial charge in [0, 0.05) is 41.9 Å². The minimum absolute atomic E-state index is 0.0106. The van der Waals surface area contributed by atoms with Gasteiger partial charge in [-0.05, 0) is 49.2 Å². The van der Waals surface area contributed by atoms with Gasteiger partial charge < -0.3 is 9.80 Å². The van der Waals surface area contributed by atoms with E-state index in [0.29, 0.717) is 18.8 Å². The van der Waals surface area contributed by atoms with Crippen molar-refractivity contribution >= 4 is 27.5 Å². The Hall–Kier alpha value is -2.60. The molecule has 1 aliphatic heterocycles. The molecule has 2 heterocycles. The molecular weight excluding hydrogens is 416 g/mol. The van der Waals surface area contributed by atoms with Crippen molar-refractivity contribution in [3.05, 3.63) is 69.8 Å². The maximum Gasteiger partial charge on any atom is 0.272 e. The van der Waals surface area contributed by atoms with Crippen molar-refractivity contribution in [1.82, 2.24) is 15.1 Å². The number of amides is 1. The summed E-state index contributed by atoms with van der Waals surface area (Å²) in [6.07, 6.45) is 0. The van der Waals surface area contributed by atoms with Gasteiger partial charge in [-0.2, -0.15) is 5.10 Å². The Labute approximate surface area is 173 Å². The number of halogens is 1.